The second-order valence-corrected chi connectivity index (χ2v) is 4.44. The number of carbonyl (C=O) groups excluding carboxylic acids is 2. The van der Waals surface area contributed by atoms with E-state index in [0.29, 0.717) is 0 Å². The van der Waals surface area contributed by atoms with Gasteiger partial charge in [0.05, 0.1) is 20.1 Å². The number of amides is 2. The first-order valence-corrected chi connectivity index (χ1v) is 5.32. The number of fused-ring (bicyclic) bond motifs is 1. The van der Waals surface area contributed by atoms with Crippen LogP contribution in [0.5, 0.6) is 11.5 Å². The van der Waals surface area contributed by atoms with Crippen LogP contribution in [0.3, 0.4) is 0 Å². The van der Waals surface area contributed by atoms with Crippen LogP contribution < -0.4 is 5.32 Å². The quantitative estimate of drug-likeness (QED) is 0.495. The molecule has 0 saturated heterocycles. The first kappa shape index (κ1) is 10.4. The predicted molar refractivity (Wildman–Crippen MR) is 57.0 cm³/mol. The van der Waals surface area contributed by atoms with Gasteiger partial charge in [-0.25, -0.2) is 0 Å². The van der Waals surface area contributed by atoms with Gasteiger partial charge in [0, 0.05) is 0 Å². The van der Waals surface area contributed by atoms with Gasteiger partial charge in [-0.05, 0) is 31.9 Å². The molecule has 0 saturated carbocycles. The number of carbonyl (C=O) groups is 2. The fraction of sp³-hybridized carbons (Fsp3) is 0. The minimum atomic E-state index is -0.726. The molecule has 15 heavy (non-hydrogen) atoms. The average Bonchev–Trinajstić information content (AvgIpc) is 2.47. The zero-order valence-electron chi connectivity index (χ0n) is 6.97. The summed E-state index contributed by atoms with van der Waals surface area (Å²) in [5, 5.41) is 21.2. The minimum Gasteiger partial charge on any atom is -0.506 e. The van der Waals surface area contributed by atoms with E-state index < -0.39 is 11.8 Å². The first-order chi connectivity index (χ1) is 6.95. The van der Waals surface area contributed by atoms with E-state index in [2.05, 4.69) is 31.9 Å². The van der Waals surface area contributed by atoms with Crippen molar-refractivity contribution in [3.05, 3.63) is 20.1 Å². The van der Waals surface area contributed by atoms with Crippen molar-refractivity contribution in [3.63, 3.8) is 0 Å². The second-order valence-electron chi connectivity index (χ2n) is 2.86. The lowest BCUT2D eigenvalue weighted by Gasteiger charge is -2.07. The van der Waals surface area contributed by atoms with Gasteiger partial charge in [-0.3, -0.25) is 14.9 Å². The molecule has 1 aliphatic heterocycles. The summed E-state index contributed by atoms with van der Waals surface area (Å²) in [6.07, 6.45) is 0. The van der Waals surface area contributed by atoms with Gasteiger partial charge in [-0.15, -0.1) is 0 Å². The Morgan fingerprint density at radius 1 is 0.867 bits per heavy atom. The number of rotatable bonds is 0. The number of aromatic hydroxyl groups is 2. The Morgan fingerprint density at radius 2 is 1.20 bits per heavy atom. The molecule has 0 atom stereocenters. The van der Waals surface area contributed by atoms with E-state index in [1.54, 1.807) is 0 Å². The summed E-state index contributed by atoms with van der Waals surface area (Å²) in [7, 11) is 0. The fourth-order valence-electron chi connectivity index (χ4n) is 1.33. The molecule has 2 amide bonds. The number of halogens is 2. The molecule has 78 valence electrons. The molecule has 1 heterocycles. The van der Waals surface area contributed by atoms with Crippen molar-refractivity contribution in [1.29, 1.82) is 0 Å². The van der Waals surface area contributed by atoms with Crippen molar-refractivity contribution < 1.29 is 19.8 Å². The highest BCUT2D eigenvalue weighted by atomic mass is 79.9. The number of imide groups is 1. The number of phenolic OH excluding ortho intramolecular Hbond substituents is 2. The largest absolute Gasteiger partial charge is 0.506 e. The SMILES string of the molecule is O=C1NC(=O)c2c(O)c(Br)c(Br)c(O)c21. The van der Waals surface area contributed by atoms with Crippen molar-refractivity contribution >= 4 is 43.7 Å². The van der Waals surface area contributed by atoms with E-state index in [1.165, 1.54) is 0 Å². The maximum atomic E-state index is 11.3. The fourth-order valence-corrected chi connectivity index (χ4v) is 2.11. The highest BCUT2D eigenvalue weighted by Crippen LogP contribution is 2.45. The third-order valence-corrected chi connectivity index (χ3v) is 4.09. The number of nitrogens with one attached hydrogen (secondary N) is 1. The normalized spacial score (nSPS) is 14.0. The third kappa shape index (κ3) is 1.26. The Hall–Kier alpha value is -1.08. The Morgan fingerprint density at radius 3 is 1.53 bits per heavy atom. The van der Waals surface area contributed by atoms with Crippen LogP contribution in [0, 0.1) is 0 Å². The number of hydrogen-bond acceptors (Lipinski definition) is 4. The van der Waals surface area contributed by atoms with Gasteiger partial charge in [0.2, 0.25) is 0 Å². The summed E-state index contributed by atoms with van der Waals surface area (Å²) in [6.45, 7) is 0. The van der Waals surface area contributed by atoms with Crippen LogP contribution in [-0.4, -0.2) is 22.0 Å². The van der Waals surface area contributed by atoms with Gasteiger partial charge < -0.3 is 10.2 Å². The lowest BCUT2D eigenvalue weighted by atomic mass is 10.1. The standard InChI is InChI=1S/C8H3Br2NO4/c9-3-4(10)6(13)2-1(5(3)12)7(14)11-8(2)15/h12-13H,(H,11,14,15). The van der Waals surface area contributed by atoms with Crippen LogP contribution >= 0.6 is 31.9 Å². The molecule has 0 spiro atoms. The van der Waals surface area contributed by atoms with Crippen LogP contribution in [0.15, 0.2) is 8.95 Å². The zero-order chi connectivity index (χ0) is 11.3. The molecular formula is C8H3Br2NO4. The molecule has 0 aliphatic carbocycles. The summed E-state index contributed by atoms with van der Waals surface area (Å²) in [4.78, 5) is 22.5. The summed E-state index contributed by atoms with van der Waals surface area (Å²) in [5.74, 6) is -2.21. The van der Waals surface area contributed by atoms with E-state index in [0.717, 1.165) is 0 Å². The molecule has 3 N–H and O–H groups in total. The topological polar surface area (TPSA) is 86.6 Å². The Labute approximate surface area is 100 Å². The number of hydrogen-bond donors (Lipinski definition) is 3. The lowest BCUT2D eigenvalue weighted by Crippen LogP contribution is -2.20. The molecule has 0 fully saturated rings. The van der Waals surface area contributed by atoms with Crippen LogP contribution in [-0.2, 0) is 0 Å². The molecule has 5 nitrogen and oxygen atoms in total. The van der Waals surface area contributed by atoms with E-state index in [4.69, 9.17) is 0 Å². The van der Waals surface area contributed by atoms with Crippen LogP contribution in [0.2, 0.25) is 0 Å². The van der Waals surface area contributed by atoms with Crippen LogP contribution in [0.1, 0.15) is 20.7 Å². The smallest absolute Gasteiger partial charge is 0.262 e. The monoisotopic (exact) mass is 335 g/mol. The van der Waals surface area contributed by atoms with Crippen molar-refractivity contribution in [2.24, 2.45) is 0 Å². The highest BCUT2D eigenvalue weighted by Gasteiger charge is 2.36. The molecular weight excluding hydrogens is 334 g/mol. The zero-order valence-corrected chi connectivity index (χ0v) is 10.1. The van der Waals surface area contributed by atoms with Crippen molar-refractivity contribution in [2.45, 2.75) is 0 Å². The Kier molecular flexibility index (Phi) is 2.23. The number of benzene rings is 1. The molecule has 7 heteroatoms. The van der Waals surface area contributed by atoms with Gasteiger partial charge in [-0.2, -0.15) is 0 Å². The third-order valence-electron chi connectivity index (χ3n) is 2.01. The van der Waals surface area contributed by atoms with E-state index in [9.17, 15) is 19.8 Å². The maximum absolute atomic E-state index is 11.3. The van der Waals surface area contributed by atoms with Crippen LogP contribution in [0.4, 0.5) is 0 Å². The highest BCUT2D eigenvalue weighted by molar-refractivity contribution is 9.13. The predicted octanol–water partition coefficient (Wildman–Crippen LogP) is 1.51. The molecule has 1 aliphatic rings. The molecule has 0 aromatic heterocycles. The van der Waals surface area contributed by atoms with Crippen molar-refractivity contribution in [2.75, 3.05) is 0 Å². The van der Waals surface area contributed by atoms with Gasteiger partial charge >= 0.3 is 0 Å². The maximum Gasteiger partial charge on any atom is 0.262 e. The van der Waals surface area contributed by atoms with Crippen molar-refractivity contribution in [3.8, 4) is 11.5 Å². The molecule has 0 radical (unpaired) electrons. The minimum absolute atomic E-state index is 0.128. The first-order valence-electron chi connectivity index (χ1n) is 3.73. The van der Waals surface area contributed by atoms with Gasteiger partial charge in [0.1, 0.15) is 11.5 Å². The molecule has 1 aromatic rings. The summed E-state index contributed by atoms with van der Waals surface area (Å²) < 4.78 is 0.257. The van der Waals surface area contributed by atoms with Gasteiger partial charge in [-0.1, -0.05) is 0 Å². The summed E-state index contributed by atoms with van der Waals surface area (Å²) in [5.41, 5.74) is -0.430. The molecule has 0 unspecified atom stereocenters. The van der Waals surface area contributed by atoms with Crippen LogP contribution in [0.25, 0.3) is 0 Å². The van der Waals surface area contributed by atoms with E-state index >= 15 is 0 Å². The summed E-state index contributed by atoms with van der Waals surface area (Å²) >= 11 is 5.97. The molecule has 0 bridgehead atoms. The average molecular weight is 337 g/mol. The lowest BCUT2D eigenvalue weighted by molar-refractivity contribution is 0.0878. The second kappa shape index (κ2) is 3.21. The van der Waals surface area contributed by atoms with Crippen molar-refractivity contribution in [1.82, 2.24) is 5.32 Å². The molecule has 1 aromatic carbocycles. The molecule has 2 rings (SSSR count). The van der Waals surface area contributed by atoms with Gasteiger partial charge in [0.15, 0.2) is 0 Å². The summed E-state index contributed by atoms with van der Waals surface area (Å²) in [6, 6.07) is 0. The number of phenols is 2. The Bertz CT molecular complexity index is 467. The Balaban J connectivity index is 2.92. The van der Waals surface area contributed by atoms with E-state index in [1.807, 2.05) is 5.32 Å². The van der Waals surface area contributed by atoms with E-state index in [-0.39, 0.29) is 31.6 Å². The van der Waals surface area contributed by atoms with Gasteiger partial charge in [0.25, 0.3) is 11.8 Å².